The van der Waals surface area contributed by atoms with Gasteiger partial charge >= 0.3 is 0 Å². The highest BCUT2D eigenvalue weighted by atomic mass is 35.5. The number of nitrogens with one attached hydrogen (secondary N) is 1. The third-order valence-corrected chi connectivity index (χ3v) is 6.14. The number of rotatable bonds is 4. The highest BCUT2D eigenvalue weighted by Crippen LogP contribution is 2.35. The zero-order chi connectivity index (χ0) is 14.0. The van der Waals surface area contributed by atoms with Crippen LogP contribution in [0.1, 0.15) is 0 Å². The molecule has 0 bridgehead atoms. The van der Waals surface area contributed by atoms with E-state index in [2.05, 4.69) is 4.72 Å². The fraction of sp³-hybridized carbons (Fsp3) is 0.0909. The maximum Gasteiger partial charge on any atom is 0.264 e. The van der Waals surface area contributed by atoms with Crippen molar-refractivity contribution in [3.8, 4) is 0 Å². The molecule has 0 amide bonds. The summed E-state index contributed by atoms with van der Waals surface area (Å²) in [7, 11) is -3.71. The minimum atomic E-state index is -3.71. The molecule has 2 rings (SSSR count). The van der Waals surface area contributed by atoms with Gasteiger partial charge in [0.15, 0.2) is 0 Å². The number of thiophene rings is 1. The van der Waals surface area contributed by atoms with Gasteiger partial charge in [0.05, 0.1) is 4.34 Å². The van der Waals surface area contributed by atoms with Crippen LogP contribution in [0.5, 0.6) is 0 Å². The van der Waals surface area contributed by atoms with Crippen molar-refractivity contribution in [3.05, 3.63) is 39.0 Å². The van der Waals surface area contributed by atoms with Gasteiger partial charge < -0.3 is 0 Å². The molecule has 0 unspecified atom stereocenters. The first-order chi connectivity index (χ1) is 8.92. The lowest BCUT2D eigenvalue weighted by Gasteiger charge is -2.07. The van der Waals surface area contributed by atoms with Crippen molar-refractivity contribution in [2.24, 2.45) is 0 Å². The Labute approximate surface area is 130 Å². The Morgan fingerprint density at radius 1 is 1.21 bits per heavy atom. The molecule has 1 N–H and O–H groups in total. The number of thioether (sulfide) groups is 1. The third-order valence-electron chi connectivity index (χ3n) is 2.26. The van der Waals surface area contributed by atoms with Gasteiger partial charge in [-0.3, -0.25) is 4.72 Å². The first-order valence-electron chi connectivity index (χ1n) is 5.04. The summed E-state index contributed by atoms with van der Waals surface area (Å²) in [5, 5.41) is 0. The van der Waals surface area contributed by atoms with E-state index in [9.17, 15) is 8.42 Å². The molecule has 8 heteroatoms. The van der Waals surface area contributed by atoms with Gasteiger partial charge in [-0.05, 0) is 36.6 Å². The molecule has 0 saturated heterocycles. The lowest BCUT2D eigenvalue weighted by atomic mass is 10.3. The molecule has 0 fully saturated rings. The Balaban J connectivity index is 2.28. The lowest BCUT2D eigenvalue weighted by molar-refractivity contribution is 0.601. The molecular weight excluding hydrogens is 345 g/mol. The molecule has 19 heavy (non-hydrogen) atoms. The standard InChI is InChI=1S/C11H9Cl2NO2S3/c1-17-8-4-2-7(3-5-8)14-19(15,16)9-6-10(12)18-11(9)13/h2-6,14H,1H3. The van der Waals surface area contributed by atoms with Crippen LogP contribution in [0.15, 0.2) is 40.1 Å². The zero-order valence-electron chi connectivity index (χ0n) is 9.68. The van der Waals surface area contributed by atoms with Crippen molar-refractivity contribution in [1.82, 2.24) is 0 Å². The van der Waals surface area contributed by atoms with Gasteiger partial charge in [0.25, 0.3) is 10.0 Å². The van der Waals surface area contributed by atoms with E-state index in [1.54, 1.807) is 23.9 Å². The highest BCUT2D eigenvalue weighted by molar-refractivity contribution is 7.98. The van der Waals surface area contributed by atoms with Crippen molar-refractivity contribution in [3.63, 3.8) is 0 Å². The van der Waals surface area contributed by atoms with Crippen LogP contribution >= 0.6 is 46.3 Å². The number of hydrogen-bond donors (Lipinski definition) is 1. The van der Waals surface area contributed by atoms with Gasteiger partial charge in [-0.1, -0.05) is 23.2 Å². The average molecular weight is 354 g/mol. The smallest absolute Gasteiger partial charge is 0.264 e. The van der Waals surface area contributed by atoms with Crippen LogP contribution in [-0.2, 0) is 10.0 Å². The molecule has 0 aliphatic carbocycles. The van der Waals surface area contributed by atoms with E-state index in [0.717, 1.165) is 16.2 Å². The molecule has 1 aromatic heterocycles. The molecule has 0 saturated carbocycles. The van der Waals surface area contributed by atoms with Gasteiger partial charge in [-0.2, -0.15) is 0 Å². The lowest BCUT2D eigenvalue weighted by Crippen LogP contribution is -2.12. The number of sulfonamides is 1. The molecule has 102 valence electrons. The van der Waals surface area contributed by atoms with Crippen LogP contribution in [0.2, 0.25) is 8.67 Å². The largest absolute Gasteiger partial charge is 0.280 e. The topological polar surface area (TPSA) is 46.2 Å². The van der Waals surface area contributed by atoms with Gasteiger partial charge in [0.2, 0.25) is 0 Å². The molecule has 3 nitrogen and oxygen atoms in total. The monoisotopic (exact) mass is 353 g/mol. The van der Waals surface area contributed by atoms with Crippen LogP contribution in [0.4, 0.5) is 5.69 Å². The molecular formula is C11H9Cl2NO2S3. The second-order valence-electron chi connectivity index (χ2n) is 3.52. The normalized spacial score (nSPS) is 11.5. The Bertz CT molecular complexity index is 680. The minimum Gasteiger partial charge on any atom is -0.280 e. The summed E-state index contributed by atoms with van der Waals surface area (Å²) in [4.78, 5) is 1.05. The quantitative estimate of drug-likeness (QED) is 0.818. The maximum absolute atomic E-state index is 12.1. The second-order valence-corrected chi connectivity index (χ2v) is 8.34. The Morgan fingerprint density at radius 3 is 2.32 bits per heavy atom. The predicted molar refractivity (Wildman–Crippen MR) is 83.4 cm³/mol. The summed E-state index contributed by atoms with van der Waals surface area (Å²) in [6, 6.07) is 8.42. The first-order valence-corrected chi connectivity index (χ1v) is 9.32. The highest BCUT2D eigenvalue weighted by Gasteiger charge is 2.20. The zero-order valence-corrected chi connectivity index (χ0v) is 13.6. The molecule has 0 atom stereocenters. The van der Waals surface area contributed by atoms with Crippen LogP contribution < -0.4 is 4.72 Å². The predicted octanol–water partition coefficient (Wildman–Crippen LogP) is 4.58. The summed E-state index contributed by atoms with van der Waals surface area (Å²) >= 11 is 14.2. The van der Waals surface area contributed by atoms with Gasteiger partial charge in [0, 0.05) is 10.6 Å². The van der Waals surface area contributed by atoms with Crippen molar-refractivity contribution < 1.29 is 8.42 Å². The summed E-state index contributed by atoms with van der Waals surface area (Å²) < 4.78 is 27.2. The summed E-state index contributed by atoms with van der Waals surface area (Å²) in [5.74, 6) is 0. The number of benzene rings is 1. The molecule has 0 radical (unpaired) electrons. The molecule has 0 aliphatic rings. The van der Waals surface area contributed by atoms with Crippen LogP contribution in [0.25, 0.3) is 0 Å². The summed E-state index contributed by atoms with van der Waals surface area (Å²) in [5.41, 5.74) is 0.483. The molecule has 2 aromatic rings. The molecule has 0 aliphatic heterocycles. The Hall–Kier alpha value is -0.400. The van der Waals surface area contributed by atoms with E-state index >= 15 is 0 Å². The fourth-order valence-electron chi connectivity index (χ4n) is 1.38. The maximum atomic E-state index is 12.1. The average Bonchev–Trinajstić information content (AvgIpc) is 2.70. The fourth-order valence-corrected chi connectivity index (χ4v) is 5.00. The third kappa shape index (κ3) is 3.58. The molecule has 0 spiro atoms. The minimum absolute atomic E-state index is 0.00175. The van der Waals surface area contributed by atoms with Crippen molar-refractivity contribution in [2.45, 2.75) is 9.79 Å². The van der Waals surface area contributed by atoms with E-state index in [1.807, 2.05) is 18.4 Å². The summed E-state index contributed by atoms with van der Waals surface area (Å²) in [6.07, 6.45) is 1.95. The van der Waals surface area contributed by atoms with Crippen LogP contribution in [0, 0.1) is 0 Å². The van der Waals surface area contributed by atoms with E-state index in [1.165, 1.54) is 6.07 Å². The van der Waals surface area contributed by atoms with Gasteiger partial charge in [0.1, 0.15) is 9.23 Å². The van der Waals surface area contributed by atoms with Gasteiger partial charge in [-0.15, -0.1) is 23.1 Å². The number of hydrogen-bond acceptors (Lipinski definition) is 4. The van der Waals surface area contributed by atoms with Crippen molar-refractivity contribution in [1.29, 1.82) is 0 Å². The Kier molecular flexibility index (Phi) is 4.68. The summed E-state index contributed by atoms with van der Waals surface area (Å²) in [6.45, 7) is 0. The number of anilines is 1. The van der Waals surface area contributed by atoms with E-state index in [4.69, 9.17) is 23.2 Å². The SMILES string of the molecule is CSc1ccc(NS(=O)(=O)c2cc(Cl)sc2Cl)cc1. The van der Waals surface area contributed by atoms with Crippen molar-refractivity contribution in [2.75, 3.05) is 11.0 Å². The van der Waals surface area contributed by atoms with E-state index in [-0.39, 0.29) is 9.23 Å². The Morgan fingerprint density at radius 2 is 1.84 bits per heavy atom. The van der Waals surface area contributed by atoms with E-state index < -0.39 is 10.0 Å². The van der Waals surface area contributed by atoms with E-state index in [0.29, 0.717) is 10.0 Å². The van der Waals surface area contributed by atoms with Crippen LogP contribution in [0.3, 0.4) is 0 Å². The molecule has 1 heterocycles. The van der Waals surface area contributed by atoms with Crippen molar-refractivity contribution >= 4 is 62.0 Å². The first kappa shape index (κ1) is 15.0. The van der Waals surface area contributed by atoms with Gasteiger partial charge in [-0.25, -0.2) is 8.42 Å². The molecule has 1 aromatic carbocycles. The second kappa shape index (κ2) is 5.93. The van der Waals surface area contributed by atoms with Crippen LogP contribution in [-0.4, -0.2) is 14.7 Å². The number of halogens is 2.